The predicted octanol–water partition coefficient (Wildman–Crippen LogP) is 3.42. The van der Waals surface area contributed by atoms with Crippen molar-refractivity contribution in [3.05, 3.63) is 46.0 Å². The van der Waals surface area contributed by atoms with Crippen LogP contribution in [0.3, 0.4) is 0 Å². The Morgan fingerprint density at radius 2 is 1.83 bits per heavy atom. The minimum Gasteiger partial charge on any atom is -0.461 e. The Balaban J connectivity index is 2.11. The highest BCUT2D eigenvalue weighted by Crippen LogP contribution is 2.33. The lowest BCUT2D eigenvalue weighted by molar-refractivity contribution is 0.505. The zero-order valence-electron chi connectivity index (χ0n) is 9.86. The Bertz CT molecular complexity index is 808. The number of hydrogen-bond acceptors (Lipinski definition) is 3. The molecule has 0 aliphatic heterocycles. The summed E-state index contributed by atoms with van der Waals surface area (Å²) in [6.45, 7) is 0. The first-order chi connectivity index (χ1) is 8.81. The van der Waals surface area contributed by atoms with Crippen LogP contribution in [0.4, 0.5) is 0 Å². The van der Waals surface area contributed by atoms with E-state index >= 15 is 0 Å². The fraction of sp³-hybridized carbons (Fsp3) is 0.267. The summed E-state index contributed by atoms with van der Waals surface area (Å²) in [6, 6.07) is 7.18. The summed E-state index contributed by atoms with van der Waals surface area (Å²) < 4.78 is 11.1. The smallest absolute Gasteiger partial charge is 0.336 e. The van der Waals surface area contributed by atoms with Crippen molar-refractivity contribution in [2.24, 2.45) is 0 Å². The van der Waals surface area contributed by atoms with Gasteiger partial charge in [-0.05, 0) is 31.4 Å². The molecule has 3 heteroatoms. The van der Waals surface area contributed by atoms with Crippen LogP contribution in [0.5, 0.6) is 0 Å². The molecule has 0 amide bonds. The van der Waals surface area contributed by atoms with Crippen molar-refractivity contribution in [3.63, 3.8) is 0 Å². The van der Waals surface area contributed by atoms with Crippen molar-refractivity contribution in [1.82, 2.24) is 0 Å². The third-order valence-corrected chi connectivity index (χ3v) is 3.70. The van der Waals surface area contributed by atoms with E-state index in [1.807, 2.05) is 12.1 Å². The normalized spacial score (nSPS) is 15.1. The number of aryl methyl sites for hydroxylation is 2. The van der Waals surface area contributed by atoms with Crippen LogP contribution in [0.15, 0.2) is 37.9 Å². The van der Waals surface area contributed by atoms with E-state index in [-0.39, 0.29) is 5.63 Å². The fourth-order valence-corrected chi connectivity index (χ4v) is 2.82. The largest absolute Gasteiger partial charge is 0.461 e. The molecule has 0 bridgehead atoms. The highest BCUT2D eigenvalue weighted by atomic mass is 16.4. The summed E-state index contributed by atoms with van der Waals surface area (Å²) in [5.41, 5.74) is 2.45. The van der Waals surface area contributed by atoms with E-state index in [0.29, 0.717) is 5.58 Å². The van der Waals surface area contributed by atoms with E-state index in [1.165, 1.54) is 29.9 Å². The van der Waals surface area contributed by atoms with E-state index in [0.717, 1.165) is 29.6 Å². The molecule has 90 valence electrons. The molecule has 0 radical (unpaired) electrons. The van der Waals surface area contributed by atoms with Gasteiger partial charge in [0.1, 0.15) is 16.9 Å². The molecular weight excluding hydrogens is 228 g/mol. The van der Waals surface area contributed by atoms with Crippen molar-refractivity contribution in [1.29, 1.82) is 0 Å². The van der Waals surface area contributed by atoms with Crippen molar-refractivity contribution in [2.45, 2.75) is 25.7 Å². The molecule has 0 unspecified atom stereocenters. The van der Waals surface area contributed by atoms with Gasteiger partial charge in [-0.2, -0.15) is 0 Å². The van der Waals surface area contributed by atoms with E-state index in [1.54, 1.807) is 0 Å². The molecule has 4 rings (SSSR count). The summed E-state index contributed by atoms with van der Waals surface area (Å²) in [5, 5.41) is 2.13. The number of rotatable bonds is 0. The van der Waals surface area contributed by atoms with Gasteiger partial charge in [0.25, 0.3) is 0 Å². The Morgan fingerprint density at radius 3 is 2.78 bits per heavy atom. The molecule has 1 aromatic carbocycles. The first kappa shape index (κ1) is 9.95. The minimum absolute atomic E-state index is 0.321. The van der Waals surface area contributed by atoms with Gasteiger partial charge in [0.15, 0.2) is 0 Å². The highest BCUT2D eigenvalue weighted by Gasteiger charge is 2.18. The van der Waals surface area contributed by atoms with Crippen LogP contribution in [0.2, 0.25) is 0 Å². The molecule has 2 aromatic heterocycles. The maximum Gasteiger partial charge on any atom is 0.336 e. The van der Waals surface area contributed by atoms with Crippen LogP contribution < -0.4 is 5.63 Å². The summed E-state index contributed by atoms with van der Waals surface area (Å²) >= 11 is 0. The lowest BCUT2D eigenvalue weighted by atomic mass is 9.95. The molecule has 0 saturated heterocycles. The van der Waals surface area contributed by atoms with Crippen molar-refractivity contribution >= 4 is 21.9 Å². The van der Waals surface area contributed by atoms with Crippen LogP contribution in [0.1, 0.15) is 24.2 Å². The van der Waals surface area contributed by atoms with E-state index < -0.39 is 0 Å². The predicted molar refractivity (Wildman–Crippen MR) is 68.9 cm³/mol. The average Bonchev–Trinajstić information content (AvgIpc) is 2.73. The van der Waals surface area contributed by atoms with Gasteiger partial charge in [0, 0.05) is 34.9 Å². The Kier molecular flexibility index (Phi) is 1.92. The van der Waals surface area contributed by atoms with Crippen LogP contribution in [0, 0.1) is 0 Å². The molecule has 0 saturated carbocycles. The van der Waals surface area contributed by atoms with E-state index in [2.05, 4.69) is 6.07 Å². The first-order valence-electron chi connectivity index (χ1n) is 6.29. The highest BCUT2D eigenvalue weighted by molar-refractivity contribution is 5.95. The number of hydrogen-bond donors (Lipinski definition) is 0. The Morgan fingerprint density at radius 1 is 0.944 bits per heavy atom. The second-order valence-electron chi connectivity index (χ2n) is 4.85. The third-order valence-electron chi connectivity index (χ3n) is 3.70. The monoisotopic (exact) mass is 240 g/mol. The standard InChI is InChI=1S/C15H12O3/c16-15-6-5-9-7-11-10-3-1-2-4-12(10)17-14(11)8-13(9)18-15/h5-8H,1-4H2. The molecule has 18 heavy (non-hydrogen) atoms. The lowest BCUT2D eigenvalue weighted by Gasteiger charge is -2.08. The van der Waals surface area contributed by atoms with Gasteiger partial charge in [-0.25, -0.2) is 4.79 Å². The van der Waals surface area contributed by atoms with Crippen molar-refractivity contribution in [2.75, 3.05) is 0 Å². The Hall–Kier alpha value is -2.03. The van der Waals surface area contributed by atoms with Gasteiger partial charge in [0.2, 0.25) is 0 Å². The fourth-order valence-electron chi connectivity index (χ4n) is 2.82. The second kappa shape index (κ2) is 3.48. The van der Waals surface area contributed by atoms with Gasteiger partial charge >= 0.3 is 5.63 Å². The maximum atomic E-state index is 11.2. The zero-order chi connectivity index (χ0) is 12.1. The zero-order valence-corrected chi connectivity index (χ0v) is 9.86. The van der Waals surface area contributed by atoms with Crippen LogP contribution in [-0.2, 0) is 12.8 Å². The van der Waals surface area contributed by atoms with Gasteiger partial charge in [-0.1, -0.05) is 0 Å². The molecule has 0 atom stereocenters. The van der Waals surface area contributed by atoms with Crippen LogP contribution >= 0.6 is 0 Å². The van der Waals surface area contributed by atoms with Crippen molar-refractivity contribution < 1.29 is 8.83 Å². The quantitative estimate of drug-likeness (QED) is 0.565. The minimum atomic E-state index is -0.321. The molecule has 1 aliphatic carbocycles. The van der Waals surface area contributed by atoms with E-state index in [9.17, 15) is 4.79 Å². The van der Waals surface area contributed by atoms with Gasteiger partial charge < -0.3 is 8.83 Å². The Labute approximate surface area is 103 Å². The maximum absolute atomic E-state index is 11.2. The van der Waals surface area contributed by atoms with Crippen LogP contribution in [-0.4, -0.2) is 0 Å². The summed E-state index contributed by atoms with van der Waals surface area (Å²) in [4.78, 5) is 11.2. The van der Waals surface area contributed by atoms with E-state index in [4.69, 9.17) is 8.83 Å². The SMILES string of the molecule is O=c1ccc2cc3c4c(oc3cc2o1)CCCC4. The first-order valence-corrected chi connectivity index (χ1v) is 6.29. The summed E-state index contributed by atoms with van der Waals surface area (Å²) in [6.07, 6.45) is 4.53. The van der Waals surface area contributed by atoms with Gasteiger partial charge in [0.05, 0.1) is 0 Å². The summed E-state index contributed by atoms with van der Waals surface area (Å²) in [7, 11) is 0. The van der Waals surface area contributed by atoms with Gasteiger partial charge in [-0.15, -0.1) is 0 Å². The number of fused-ring (bicyclic) bond motifs is 4. The molecule has 3 nitrogen and oxygen atoms in total. The summed E-state index contributed by atoms with van der Waals surface area (Å²) in [5.74, 6) is 1.11. The van der Waals surface area contributed by atoms with Crippen molar-refractivity contribution in [3.8, 4) is 0 Å². The average molecular weight is 240 g/mol. The molecule has 1 aliphatic rings. The van der Waals surface area contributed by atoms with Gasteiger partial charge in [-0.3, -0.25) is 0 Å². The molecule has 0 spiro atoms. The van der Waals surface area contributed by atoms with Crippen LogP contribution in [0.25, 0.3) is 21.9 Å². The molecule has 2 heterocycles. The number of benzene rings is 1. The molecule has 3 aromatic rings. The second-order valence-corrected chi connectivity index (χ2v) is 4.85. The molecular formula is C15H12O3. The number of furan rings is 1. The topological polar surface area (TPSA) is 43.4 Å². The molecule has 0 fully saturated rings. The molecule has 0 N–H and O–H groups in total. The lowest BCUT2D eigenvalue weighted by Crippen LogP contribution is -1.98. The third kappa shape index (κ3) is 1.33.